The molecule has 0 radical (unpaired) electrons. The number of nitrogens with zero attached hydrogens (tertiary/aromatic N) is 4. The van der Waals surface area contributed by atoms with E-state index in [4.69, 9.17) is 14.2 Å². The van der Waals surface area contributed by atoms with Crippen LogP contribution in [0.2, 0.25) is 0 Å². The molecule has 2 saturated heterocycles. The summed E-state index contributed by atoms with van der Waals surface area (Å²) in [7, 11) is 0. The van der Waals surface area contributed by atoms with Crippen LogP contribution in [-0.2, 0) is 78.5 Å². The number of nitrogens with one attached hydrogen (secondary N) is 2. The molecule has 4 atom stereocenters. The molecule has 4 aliphatic rings. The minimum absolute atomic E-state index is 0.0151. The first-order valence-corrected chi connectivity index (χ1v) is 29.8. The molecule has 0 aromatic heterocycles. The SMILES string of the molecule is CC(=O)OC1CCN(CCC(NC(=O)[C@@H]2Cc3ccccc3CN2C(=O)CCC(=O)c2ccccc2)C(=O)O)CC1.CC(=O)OC1CCN(CCC(NC(=O)[C@@H]2Cc3ccccc3CN2C(=O)CCC(=O)c2ccccc2)C(=O)OC(C)(C)C)CC1. The Hall–Kier alpha value is -8.10. The van der Waals surface area contributed by atoms with E-state index in [1.165, 1.54) is 23.6 Å². The summed E-state index contributed by atoms with van der Waals surface area (Å²) in [5.41, 5.74) is 4.08. The van der Waals surface area contributed by atoms with Gasteiger partial charge in [0.1, 0.15) is 42.0 Å². The molecular formula is C66H82N6O14. The lowest BCUT2D eigenvalue weighted by molar-refractivity contribution is -0.159. The summed E-state index contributed by atoms with van der Waals surface area (Å²) in [5.74, 6) is -4.14. The number of carboxylic acids is 1. The number of likely N-dealkylation sites (tertiary alicyclic amines) is 2. The average Bonchev–Trinajstić information content (AvgIpc) is 2.07. The Bertz CT molecular complexity index is 3020. The Morgan fingerprint density at radius 3 is 1.24 bits per heavy atom. The van der Waals surface area contributed by atoms with Crippen LogP contribution < -0.4 is 10.6 Å². The zero-order chi connectivity index (χ0) is 61.9. The highest BCUT2D eigenvalue weighted by atomic mass is 16.6. The van der Waals surface area contributed by atoms with Crippen molar-refractivity contribution < 1.29 is 67.3 Å². The molecule has 4 aromatic carbocycles. The van der Waals surface area contributed by atoms with Crippen LogP contribution >= 0.6 is 0 Å². The molecule has 0 saturated carbocycles. The van der Waals surface area contributed by atoms with Crippen LogP contribution in [0.1, 0.15) is 142 Å². The Morgan fingerprint density at radius 1 is 0.512 bits per heavy atom. The summed E-state index contributed by atoms with van der Waals surface area (Å²) in [6.45, 7) is 12.3. The summed E-state index contributed by atoms with van der Waals surface area (Å²) in [4.78, 5) is 135. The lowest BCUT2D eigenvalue weighted by Crippen LogP contribution is -2.56. The summed E-state index contributed by atoms with van der Waals surface area (Å²) in [5, 5.41) is 15.5. The van der Waals surface area contributed by atoms with Gasteiger partial charge in [-0.2, -0.15) is 0 Å². The number of carbonyl (C=O) groups excluding carboxylic acids is 9. The molecular weight excluding hydrogens is 1100 g/mol. The molecule has 460 valence electrons. The number of hydrogen-bond acceptors (Lipinski definition) is 15. The van der Waals surface area contributed by atoms with Crippen LogP contribution in [0, 0.1) is 0 Å². The molecule has 20 heteroatoms. The first-order chi connectivity index (χ1) is 41.1. The van der Waals surface area contributed by atoms with Gasteiger partial charge in [0.15, 0.2) is 11.6 Å². The number of carbonyl (C=O) groups is 10. The number of ketones is 2. The second kappa shape index (κ2) is 31.3. The average molecular weight is 1180 g/mol. The van der Waals surface area contributed by atoms with E-state index in [0.29, 0.717) is 88.9 Å². The highest BCUT2D eigenvalue weighted by molar-refractivity contribution is 6.00. The third-order valence-electron chi connectivity index (χ3n) is 15.9. The lowest BCUT2D eigenvalue weighted by atomic mass is 9.92. The number of Topliss-reactive ketones (excluding diaryl/α,β-unsaturated/α-hetero) is 2. The third kappa shape index (κ3) is 19.7. The number of carboxylic acid groups (broad SMARTS) is 1. The van der Waals surface area contributed by atoms with Crippen LogP contribution in [0.15, 0.2) is 109 Å². The minimum Gasteiger partial charge on any atom is -0.480 e. The number of piperidine rings is 2. The molecule has 2 fully saturated rings. The van der Waals surface area contributed by atoms with Crippen LogP contribution in [-0.4, -0.2) is 165 Å². The second-order valence-corrected chi connectivity index (χ2v) is 23.5. The van der Waals surface area contributed by atoms with Crippen molar-refractivity contribution in [1.29, 1.82) is 0 Å². The molecule has 4 heterocycles. The van der Waals surface area contributed by atoms with Gasteiger partial charge in [0.2, 0.25) is 23.6 Å². The maximum Gasteiger partial charge on any atom is 0.329 e. The first kappa shape index (κ1) is 65.4. The van der Waals surface area contributed by atoms with Crippen molar-refractivity contribution in [3.05, 3.63) is 143 Å². The number of fused-ring (bicyclic) bond motifs is 2. The number of rotatable bonds is 22. The fourth-order valence-corrected chi connectivity index (χ4v) is 11.3. The topological polar surface area (TPSA) is 256 Å². The maximum atomic E-state index is 13.9. The van der Waals surface area contributed by atoms with Gasteiger partial charge in [-0.25, -0.2) is 9.59 Å². The van der Waals surface area contributed by atoms with Crippen molar-refractivity contribution >= 4 is 59.1 Å². The molecule has 0 aliphatic carbocycles. The normalized spacial score (nSPS) is 18.1. The van der Waals surface area contributed by atoms with E-state index in [1.54, 1.807) is 69.3 Å². The number of benzene rings is 4. The summed E-state index contributed by atoms with van der Waals surface area (Å²) < 4.78 is 16.3. The molecule has 4 amide bonds. The number of hydrogen-bond donors (Lipinski definition) is 3. The van der Waals surface area contributed by atoms with Gasteiger partial charge in [0.05, 0.1) is 0 Å². The van der Waals surface area contributed by atoms with Crippen LogP contribution in [0.4, 0.5) is 0 Å². The smallest absolute Gasteiger partial charge is 0.329 e. The fraction of sp³-hybridized carbons (Fsp3) is 0.485. The van der Waals surface area contributed by atoms with Gasteiger partial charge < -0.3 is 49.6 Å². The van der Waals surface area contributed by atoms with Crippen molar-refractivity contribution in [2.45, 2.75) is 167 Å². The van der Waals surface area contributed by atoms with E-state index in [2.05, 4.69) is 20.4 Å². The predicted molar refractivity (Wildman–Crippen MR) is 318 cm³/mol. The molecule has 8 rings (SSSR count). The van der Waals surface area contributed by atoms with E-state index in [1.807, 2.05) is 60.7 Å². The predicted octanol–water partition coefficient (Wildman–Crippen LogP) is 6.44. The van der Waals surface area contributed by atoms with Crippen molar-refractivity contribution in [3.63, 3.8) is 0 Å². The highest BCUT2D eigenvalue weighted by Gasteiger charge is 2.39. The summed E-state index contributed by atoms with van der Waals surface area (Å²) >= 11 is 0. The van der Waals surface area contributed by atoms with Gasteiger partial charge in [-0.15, -0.1) is 0 Å². The Labute approximate surface area is 503 Å². The molecule has 0 spiro atoms. The molecule has 86 heavy (non-hydrogen) atoms. The van der Waals surface area contributed by atoms with Crippen molar-refractivity contribution in [2.24, 2.45) is 0 Å². The van der Waals surface area contributed by atoms with E-state index in [0.717, 1.165) is 22.3 Å². The van der Waals surface area contributed by atoms with E-state index >= 15 is 0 Å². The lowest BCUT2D eigenvalue weighted by Gasteiger charge is -2.37. The van der Waals surface area contributed by atoms with Gasteiger partial charge in [-0.05, 0) is 81.5 Å². The molecule has 2 unspecified atom stereocenters. The van der Waals surface area contributed by atoms with Crippen molar-refractivity contribution in [2.75, 3.05) is 39.3 Å². The van der Waals surface area contributed by atoms with Gasteiger partial charge in [0, 0.05) is 116 Å². The molecule has 4 aromatic rings. The van der Waals surface area contributed by atoms with Crippen molar-refractivity contribution in [1.82, 2.24) is 30.2 Å². The van der Waals surface area contributed by atoms with Gasteiger partial charge >= 0.3 is 23.9 Å². The molecule has 20 nitrogen and oxygen atoms in total. The van der Waals surface area contributed by atoms with E-state index in [9.17, 15) is 53.1 Å². The molecule has 4 aliphatic heterocycles. The molecule has 0 bridgehead atoms. The zero-order valence-electron chi connectivity index (χ0n) is 50.0. The van der Waals surface area contributed by atoms with Gasteiger partial charge in [0.25, 0.3) is 0 Å². The number of aliphatic carboxylic acids is 1. The quantitative estimate of drug-likeness (QED) is 0.0435. The molecule has 3 N–H and O–H groups in total. The Morgan fingerprint density at radius 2 is 0.872 bits per heavy atom. The van der Waals surface area contributed by atoms with Crippen LogP contribution in [0.5, 0.6) is 0 Å². The van der Waals surface area contributed by atoms with Gasteiger partial charge in [-0.3, -0.25) is 38.4 Å². The Kier molecular flexibility index (Phi) is 23.8. The third-order valence-corrected chi connectivity index (χ3v) is 15.9. The standard InChI is InChI=1S/C35H45N3O7.C31H37N3O7/c1-24(39)44-28-16-19-37(20-17-28)21-18-29(34(43)45-35(2,3)4)36-33(42)30-22-26-12-8-9-13-27(26)23-38(30)32(41)15-14-31(40)25-10-6-5-7-11-25;1-21(35)41-25-13-16-33(17-14-25)18-15-26(31(39)40)32-30(38)27-19-23-9-5-6-10-24(23)20-34(27)29(37)12-11-28(36)22-7-3-2-4-8-22/h5-13,28-30H,14-23H2,1-4H3,(H,36,42);2-10,25-27H,11-20H2,1H3,(H,32,38)(H,39,40)/t29?,30-;26?,27-/m00/s1. The van der Waals surface area contributed by atoms with Gasteiger partial charge in [-0.1, -0.05) is 109 Å². The number of ether oxygens (including phenoxy) is 3. The minimum atomic E-state index is -1.14. The number of amides is 4. The summed E-state index contributed by atoms with van der Waals surface area (Å²) in [6, 6.07) is 29.0. The zero-order valence-corrected chi connectivity index (χ0v) is 50.0. The van der Waals surface area contributed by atoms with Crippen molar-refractivity contribution in [3.8, 4) is 0 Å². The monoisotopic (exact) mass is 1180 g/mol. The Balaban J connectivity index is 0.000000247. The highest BCUT2D eigenvalue weighted by Crippen LogP contribution is 2.28. The van der Waals surface area contributed by atoms with E-state index < -0.39 is 53.5 Å². The number of esters is 3. The van der Waals surface area contributed by atoms with Crippen LogP contribution in [0.25, 0.3) is 0 Å². The first-order valence-electron chi connectivity index (χ1n) is 29.8. The second-order valence-electron chi connectivity index (χ2n) is 23.5. The van der Waals surface area contributed by atoms with E-state index in [-0.39, 0.29) is 99.1 Å². The summed E-state index contributed by atoms with van der Waals surface area (Å²) in [6.07, 6.45) is 3.56. The largest absolute Gasteiger partial charge is 0.480 e. The van der Waals surface area contributed by atoms with Crippen LogP contribution in [0.3, 0.4) is 0 Å². The fourth-order valence-electron chi connectivity index (χ4n) is 11.3. The maximum absolute atomic E-state index is 13.9.